The third-order valence-electron chi connectivity index (χ3n) is 1.68. The summed E-state index contributed by atoms with van der Waals surface area (Å²) in [6.07, 6.45) is 5.51. The lowest BCUT2D eigenvalue weighted by atomic mass is 10.3. The lowest BCUT2D eigenvalue weighted by molar-refractivity contribution is 0.255. The van der Waals surface area contributed by atoms with E-state index in [-0.39, 0.29) is 12.6 Å². The summed E-state index contributed by atoms with van der Waals surface area (Å²) in [4.78, 5) is 0. The molecule has 0 aliphatic rings. The van der Waals surface area contributed by atoms with Crippen LogP contribution in [0.2, 0.25) is 0 Å². The third kappa shape index (κ3) is 3.92. The van der Waals surface area contributed by atoms with E-state index >= 15 is 0 Å². The van der Waals surface area contributed by atoms with Crippen molar-refractivity contribution in [3.63, 3.8) is 0 Å². The van der Waals surface area contributed by atoms with Crippen LogP contribution in [0.25, 0.3) is 6.08 Å². The minimum absolute atomic E-state index is 0.140. The zero-order chi connectivity index (χ0) is 9.52. The number of hydrogen-bond donors (Lipinski definition) is 2. The van der Waals surface area contributed by atoms with Gasteiger partial charge in [0.15, 0.2) is 0 Å². The van der Waals surface area contributed by atoms with Crippen LogP contribution in [0.3, 0.4) is 0 Å². The van der Waals surface area contributed by atoms with E-state index < -0.39 is 0 Å². The van der Waals surface area contributed by atoms with Gasteiger partial charge in [-0.1, -0.05) is 6.08 Å². The van der Waals surface area contributed by atoms with Gasteiger partial charge in [0.25, 0.3) is 0 Å². The number of aliphatic hydroxyl groups excluding tert-OH is 1. The summed E-state index contributed by atoms with van der Waals surface area (Å²) in [5.41, 5.74) is 0. The van der Waals surface area contributed by atoms with Crippen molar-refractivity contribution < 1.29 is 9.52 Å². The van der Waals surface area contributed by atoms with Gasteiger partial charge in [-0.3, -0.25) is 0 Å². The molecular weight excluding hydrogens is 166 g/mol. The first-order chi connectivity index (χ1) is 6.33. The van der Waals surface area contributed by atoms with E-state index in [1.807, 2.05) is 31.2 Å². The Morgan fingerprint density at radius 3 is 3.15 bits per heavy atom. The molecule has 0 amide bonds. The standard InChI is InChI=1S/C10H15NO2/c1-9(8-12)11-6-2-4-10-5-3-7-13-10/h2-5,7,9,11-12H,6,8H2,1H3/b4-2+/t9-/m1/s1. The van der Waals surface area contributed by atoms with E-state index in [4.69, 9.17) is 9.52 Å². The maximum Gasteiger partial charge on any atom is 0.126 e. The topological polar surface area (TPSA) is 45.4 Å². The molecule has 0 saturated heterocycles. The first-order valence-corrected chi connectivity index (χ1v) is 4.37. The SMILES string of the molecule is C[C@H](CO)NC/C=C/c1ccco1. The Morgan fingerprint density at radius 2 is 2.54 bits per heavy atom. The van der Waals surface area contributed by atoms with E-state index in [2.05, 4.69) is 5.32 Å². The molecule has 3 nitrogen and oxygen atoms in total. The van der Waals surface area contributed by atoms with Crippen LogP contribution >= 0.6 is 0 Å². The van der Waals surface area contributed by atoms with Crippen molar-refractivity contribution in [2.45, 2.75) is 13.0 Å². The summed E-state index contributed by atoms with van der Waals surface area (Å²) < 4.78 is 5.10. The molecule has 3 heteroatoms. The predicted octanol–water partition coefficient (Wildman–Crippen LogP) is 1.26. The van der Waals surface area contributed by atoms with Crippen molar-refractivity contribution in [3.05, 3.63) is 30.2 Å². The highest BCUT2D eigenvalue weighted by Crippen LogP contribution is 2.01. The van der Waals surface area contributed by atoms with Gasteiger partial charge in [0, 0.05) is 12.6 Å². The molecule has 72 valence electrons. The van der Waals surface area contributed by atoms with E-state index in [0.717, 1.165) is 12.3 Å². The van der Waals surface area contributed by atoms with Gasteiger partial charge in [-0.05, 0) is 25.1 Å². The largest absolute Gasteiger partial charge is 0.465 e. The second-order valence-electron chi connectivity index (χ2n) is 2.91. The number of nitrogens with one attached hydrogen (secondary N) is 1. The number of hydrogen-bond acceptors (Lipinski definition) is 3. The molecule has 0 radical (unpaired) electrons. The van der Waals surface area contributed by atoms with Crippen molar-refractivity contribution >= 4 is 6.08 Å². The van der Waals surface area contributed by atoms with Gasteiger partial charge in [-0.25, -0.2) is 0 Å². The molecular formula is C10H15NO2. The van der Waals surface area contributed by atoms with E-state index in [1.165, 1.54) is 0 Å². The van der Waals surface area contributed by atoms with Gasteiger partial charge in [-0.15, -0.1) is 0 Å². The average Bonchev–Trinajstić information content (AvgIpc) is 2.64. The van der Waals surface area contributed by atoms with E-state index in [1.54, 1.807) is 6.26 Å². The summed E-state index contributed by atoms with van der Waals surface area (Å²) in [7, 11) is 0. The van der Waals surface area contributed by atoms with Crippen LogP contribution in [-0.2, 0) is 0 Å². The molecule has 1 atom stereocenters. The van der Waals surface area contributed by atoms with Crippen LogP contribution in [0.4, 0.5) is 0 Å². The number of rotatable bonds is 5. The Labute approximate surface area is 78.1 Å². The Morgan fingerprint density at radius 1 is 1.69 bits per heavy atom. The summed E-state index contributed by atoms with van der Waals surface area (Å²) in [5.74, 6) is 0.846. The molecule has 0 aromatic carbocycles. The lowest BCUT2D eigenvalue weighted by Crippen LogP contribution is -2.29. The van der Waals surface area contributed by atoms with Crippen molar-refractivity contribution in [2.75, 3.05) is 13.2 Å². The van der Waals surface area contributed by atoms with Gasteiger partial charge in [0.2, 0.25) is 0 Å². The molecule has 0 unspecified atom stereocenters. The summed E-state index contributed by atoms with van der Waals surface area (Å²) in [5, 5.41) is 11.8. The van der Waals surface area contributed by atoms with Crippen LogP contribution in [-0.4, -0.2) is 24.3 Å². The number of aliphatic hydroxyl groups is 1. The highest BCUT2D eigenvalue weighted by molar-refractivity contribution is 5.42. The maximum absolute atomic E-state index is 8.71. The van der Waals surface area contributed by atoms with Crippen LogP contribution in [0, 0.1) is 0 Å². The fourth-order valence-corrected chi connectivity index (χ4v) is 0.895. The quantitative estimate of drug-likeness (QED) is 0.719. The van der Waals surface area contributed by atoms with E-state index in [9.17, 15) is 0 Å². The van der Waals surface area contributed by atoms with E-state index in [0.29, 0.717) is 0 Å². The number of furan rings is 1. The Balaban J connectivity index is 2.19. The lowest BCUT2D eigenvalue weighted by Gasteiger charge is -2.06. The summed E-state index contributed by atoms with van der Waals surface area (Å²) >= 11 is 0. The molecule has 1 heterocycles. The first kappa shape index (κ1) is 10.0. The molecule has 1 rings (SSSR count). The van der Waals surface area contributed by atoms with Crippen LogP contribution in [0.1, 0.15) is 12.7 Å². The van der Waals surface area contributed by atoms with Crippen molar-refractivity contribution in [2.24, 2.45) is 0 Å². The fraction of sp³-hybridized carbons (Fsp3) is 0.400. The highest BCUT2D eigenvalue weighted by atomic mass is 16.3. The van der Waals surface area contributed by atoms with Crippen molar-refractivity contribution in [1.29, 1.82) is 0 Å². The normalized spacial score (nSPS) is 13.7. The molecule has 0 fully saturated rings. The van der Waals surface area contributed by atoms with Crippen molar-refractivity contribution in [3.8, 4) is 0 Å². The summed E-state index contributed by atoms with van der Waals surface area (Å²) in [6, 6.07) is 3.89. The maximum atomic E-state index is 8.71. The molecule has 0 aliphatic carbocycles. The molecule has 1 aromatic rings. The van der Waals surface area contributed by atoms with Gasteiger partial charge < -0.3 is 14.8 Å². The Kier molecular flexibility index (Phi) is 4.29. The monoisotopic (exact) mass is 181 g/mol. The first-order valence-electron chi connectivity index (χ1n) is 4.37. The zero-order valence-electron chi connectivity index (χ0n) is 7.73. The average molecular weight is 181 g/mol. The summed E-state index contributed by atoms with van der Waals surface area (Å²) in [6.45, 7) is 2.83. The molecule has 2 N–H and O–H groups in total. The van der Waals surface area contributed by atoms with Crippen molar-refractivity contribution in [1.82, 2.24) is 5.32 Å². The van der Waals surface area contributed by atoms with Gasteiger partial charge in [0.05, 0.1) is 12.9 Å². The molecule has 1 aromatic heterocycles. The van der Waals surface area contributed by atoms with Crippen LogP contribution in [0.5, 0.6) is 0 Å². The molecule has 0 bridgehead atoms. The highest BCUT2D eigenvalue weighted by Gasteiger charge is 1.94. The second-order valence-corrected chi connectivity index (χ2v) is 2.91. The minimum atomic E-state index is 0.140. The molecule has 0 aliphatic heterocycles. The zero-order valence-corrected chi connectivity index (χ0v) is 7.73. The Bertz CT molecular complexity index is 241. The fourth-order valence-electron chi connectivity index (χ4n) is 0.895. The van der Waals surface area contributed by atoms with Crippen LogP contribution in [0.15, 0.2) is 28.9 Å². The smallest absolute Gasteiger partial charge is 0.126 e. The third-order valence-corrected chi connectivity index (χ3v) is 1.68. The second kappa shape index (κ2) is 5.56. The molecule has 13 heavy (non-hydrogen) atoms. The molecule has 0 spiro atoms. The van der Waals surface area contributed by atoms with Gasteiger partial charge in [0.1, 0.15) is 5.76 Å². The van der Waals surface area contributed by atoms with Crippen LogP contribution < -0.4 is 5.32 Å². The Hall–Kier alpha value is -1.06. The predicted molar refractivity (Wildman–Crippen MR) is 52.3 cm³/mol. The van der Waals surface area contributed by atoms with Gasteiger partial charge >= 0.3 is 0 Å². The minimum Gasteiger partial charge on any atom is -0.465 e. The molecule has 0 saturated carbocycles. The van der Waals surface area contributed by atoms with Gasteiger partial charge in [-0.2, -0.15) is 0 Å².